The van der Waals surface area contributed by atoms with Gasteiger partial charge < -0.3 is 0 Å². The van der Waals surface area contributed by atoms with E-state index < -0.39 is 24.8 Å². The minimum atomic E-state index is -4.20. The maximum atomic E-state index is 12.6. The Bertz CT molecular complexity index is 682. The Morgan fingerprint density at radius 2 is 1.87 bits per heavy atom. The Labute approximate surface area is 133 Å². The Kier molecular flexibility index (Phi) is 5.28. The van der Waals surface area contributed by atoms with Crippen molar-refractivity contribution in [2.24, 2.45) is 0 Å². The van der Waals surface area contributed by atoms with Gasteiger partial charge >= 0.3 is 6.18 Å². The SMILES string of the molecule is Cc1cc(C)c(-n2cnc(C(F)F)n2)cc1SCCC(F)(F)F. The van der Waals surface area contributed by atoms with Crippen molar-refractivity contribution < 1.29 is 22.0 Å². The van der Waals surface area contributed by atoms with Gasteiger partial charge in [-0.2, -0.15) is 13.2 Å². The maximum Gasteiger partial charge on any atom is 0.389 e. The van der Waals surface area contributed by atoms with E-state index in [1.807, 2.05) is 0 Å². The van der Waals surface area contributed by atoms with E-state index in [0.29, 0.717) is 10.6 Å². The first-order valence-corrected chi connectivity index (χ1v) is 7.67. The third-order valence-corrected chi connectivity index (χ3v) is 4.25. The van der Waals surface area contributed by atoms with Crippen LogP contribution in [0.25, 0.3) is 5.69 Å². The number of aryl methyl sites for hydroxylation is 2. The quantitative estimate of drug-likeness (QED) is 0.569. The Balaban J connectivity index is 2.24. The second kappa shape index (κ2) is 6.86. The van der Waals surface area contributed by atoms with Gasteiger partial charge in [0.05, 0.1) is 12.1 Å². The smallest absolute Gasteiger partial charge is 0.220 e. The molecule has 0 radical (unpaired) electrons. The molecule has 0 bridgehead atoms. The van der Waals surface area contributed by atoms with Crippen LogP contribution in [0, 0.1) is 13.8 Å². The highest BCUT2D eigenvalue weighted by Crippen LogP contribution is 2.31. The first-order valence-electron chi connectivity index (χ1n) is 6.68. The van der Waals surface area contributed by atoms with Crippen LogP contribution in [-0.2, 0) is 0 Å². The van der Waals surface area contributed by atoms with Crippen LogP contribution in [0.1, 0.15) is 29.8 Å². The number of halogens is 5. The summed E-state index contributed by atoms with van der Waals surface area (Å²) in [5, 5.41) is 3.70. The first-order chi connectivity index (χ1) is 10.7. The zero-order chi connectivity index (χ0) is 17.2. The van der Waals surface area contributed by atoms with Gasteiger partial charge in [0.2, 0.25) is 5.82 Å². The predicted molar refractivity (Wildman–Crippen MR) is 77.2 cm³/mol. The van der Waals surface area contributed by atoms with Crippen molar-refractivity contribution in [3.05, 3.63) is 35.4 Å². The molecule has 1 aromatic heterocycles. The topological polar surface area (TPSA) is 30.7 Å². The summed E-state index contributed by atoms with van der Waals surface area (Å²) < 4.78 is 63.1. The van der Waals surface area contributed by atoms with Gasteiger partial charge in [0, 0.05) is 10.6 Å². The molecule has 0 aliphatic carbocycles. The highest BCUT2D eigenvalue weighted by atomic mass is 32.2. The van der Waals surface area contributed by atoms with E-state index in [-0.39, 0.29) is 5.75 Å². The van der Waals surface area contributed by atoms with Crippen LogP contribution in [0.3, 0.4) is 0 Å². The highest BCUT2D eigenvalue weighted by molar-refractivity contribution is 7.99. The normalized spacial score (nSPS) is 12.2. The Hall–Kier alpha value is -1.64. The van der Waals surface area contributed by atoms with Crippen molar-refractivity contribution in [1.29, 1.82) is 0 Å². The lowest BCUT2D eigenvalue weighted by Gasteiger charge is -2.12. The molecular formula is C14H14F5N3S. The molecule has 2 rings (SSSR count). The fraction of sp³-hybridized carbons (Fsp3) is 0.429. The van der Waals surface area contributed by atoms with E-state index in [0.717, 1.165) is 22.9 Å². The largest absolute Gasteiger partial charge is 0.389 e. The molecule has 0 atom stereocenters. The van der Waals surface area contributed by atoms with E-state index in [1.165, 1.54) is 11.0 Å². The lowest BCUT2D eigenvalue weighted by atomic mass is 10.1. The molecule has 0 fully saturated rings. The minimum Gasteiger partial charge on any atom is -0.220 e. The van der Waals surface area contributed by atoms with E-state index in [2.05, 4.69) is 10.1 Å². The monoisotopic (exact) mass is 351 g/mol. The molecule has 0 aliphatic rings. The number of alkyl halides is 5. The number of aromatic nitrogens is 3. The molecule has 23 heavy (non-hydrogen) atoms. The van der Waals surface area contributed by atoms with Gasteiger partial charge in [0.1, 0.15) is 6.33 Å². The van der Waals surface area contributed by atoms with Crippen LogP contribution in [0.4, 0.5) is 22.0 Å². The van der Waals surface area contributed by atoms with Crippen molar-refractivity contribution in [1.82, 2.24) is 14.8 Å². The third kappa shape index (κ3) is 4.66. The van der Waals surface area contributed by atoms with Crippen molar-refractivity contribution in [3.63, 3.8) is 0 Å². The number of hydrogen-bond donors (Lipinski definition) is 0. The summed E-state index contributed by atoms with van der Waals surface area (Å²) >= 11 is 1.07. The van der Waals surface area contributed by atoms with Crippen molar-refractivity contribution >= 4 is 11.8 Å². The first kappa shape index (κ1) is 17.7. The molecule has 3 nitrogen and oxygen atoms in total. The molecule has 1 heterocycles. The summed E-state index contributed by atoms with van der Waals surface area (Å²) in [6, 6.07) is 3.44. The molecule has 0 amide bonds. The van der Waals surface area contributed by atoms with Crippen LogP contribution in [0.15, 0.2) is 23.4 Å². The summed E-state index contributed by atoms with van der Waals surface area (Å²) in [7, 11) is 0. The molecule has 0 saturated heterocycles. The summed E-state index contributed by atoms with van der Waals surface area (Å²) in [5.41, 5.74) is 2.12. The second-order valence-electron chi connectivity index (χ2n) is 4.97. The fourth-order valence-electron chi connectivity index (χ4n) is 1.99. The van der Waals surface area contributed by atoms with E-state index >= 15 is 0 Å². The number of rotatable bonds is 5. The van der Waals surface area contributed by atoms with Crippen molar-refractivity contribution in [2.75, 3.05) is 5.75 Å². The van der Waals surface area contributed by atoms with Crippen LogP contribution in [0.2, 0.25) is 0 Å². The lowest BCUT2D eigenvalue weighted by molar-refractivity contribution is -0.129. The molecular weight excluding hydrogens is 337 g/mol. The van der Waals surface area contributed by atoms with Gasteiger partial charge in [0.25, 0.3) is 6.43 Å². The van der Waals surface area contributed by atoms with Gasteiger partial charge in [-0.3, -0.25) is 0 Å². The summed E-state index contributed by atoms with van der Waals surface area (Å²) in [4.78, 5) is 4.18. The van der Waals surface area contributed by atoms with E-state index in [1.54, 1.807) is 26.0 Å². The average molecular weight is 351 g/mol. The van der Waals surface area contributed by atoms with Gasteiger partial charge in [-0.15, -0.1) is 16.9 Å². The molecule has 9 heteroatoms. The molecule has 2 aromatic rings. The number of nitrogens with zero attached hydrogens (tertiary/aromatic N) is 3. The fourth-order valence-corrected chi connectivity index (χ4v) is 3.03. The van der Waals surface area contributed by atoms with Crippen LogP contribution in [0.5, 0.6) is 0 Å². The van der Waals surface area contributed by atoms with E-state index in [4.69, 9.17) is 0 Å². The zero-order valence-corrected chi connectivity index (χ0v) is 13.2. The van der Waals surface area contributed by atoms with Gasteiger partial charge in [-0.05, 0) is 31.0 Å². The average Bonchev–Trinajstić information content (AvgIpc) is 2.89. The molecule has 126 valence electrons. The lowest BCUT2D eigenvalue weighted by Crippen LogP contribution is -2.08. The zero-order valence-electron chi connectivity index (χ0n) is 12.4. The molecule has 0 N–H and O–H groups in total. The number of hydrogen-bond acceptors (Lipinski definition) is 3. The molecule has 0 spiro atoms. The Morgan fingerprint density at radius 3 is 2.43 bits per heavy atom. The van der Waals surface area contributed by atoms with E-state index in [9.17, 15) is 22.0 Å². The molecule has 1 aromatic carbocycles. The summed E-state index contributed by atoms with van der Waals surface area (Å²) in [6.45, 7) is 3.56. The highest BCUT2D eigenvalue weighted by Gasteiger charge is 2.26. The van der Waals surface area contributed by atoms with Crippen molar-refractivity contribution in [3.8, 4) is 5.69 Å². The number of thioether (sulfide) groups is 1. The number of benzene rings is 1. The summed E-state index contributed by atoms with van der Waals surface area (Å²) in [6.07, 6.45) is -6.70. The van der Waals surface area contributed by atoms with Gasteiger partial charge in [0.15, 0.2) is 0 Å². The maximum absolute atomic E-state index is 12.6. The summed E-state index contributed by atoms with van der Waals surface area (Å²) in [5.74, 6) is -0.691. The van der Waals surface area contributed by atoms with Gasteiger partial charge in [-0.1, -0.05) is 6.07 Å². The van der Waals surface area contributed by atoms with Crippen LogP contribution >= 0.6 is 11.8 Å². The Morgan fingerprint density at radius 1 is 1.17 bits per heavy atom. The minimum absolute atomic E-state index is 0.105. The van der Waals surface area contributed by atoms with Crippen molar-refractivity contribution in [2.45, 2.75) is 37.8 Å². The van der Waals surface area contributed by atoms with Crippen LogP contribution < -0.4 is 0 Å². The molecule has 0 saturated carbocycles. The molecule has 0 aliphatic heterocycles. The standard InChI is InChI=1S/C14H14F5N3S/c1-8-5-9(2)11(23-4-3-14(17,18)19)6-10(8)22-7-20-13(21-22)12(15)16/h5-7,12H,3-4H2,1-2H3. The molecule has 0 unspecified atom stereocenters. The van der Waals surface area contributed by atoms with Crippen LogP contribution in [-0.4, -0.2) is 26.7 Å². The second-order valence-corrected chi connectivity index (χ2v) is 6.10. The van der Waals surface area contributed by atoms with Gasteiger partial charge in [-0.25, -0.2) is 18.4 Å². The predicted octanol–water partition coefficient (Wildman–Crippen LogP) is 4.87. The third-order valence-electron chi connectivity index (χ3n) is 3.09.